The Morgan fingerprint density at radius 3 is 2.81 bits per heavy atom. The molecule has 1 fully saturated rings. The number of carbonyl (C=O) groups is 1. The van der Waals surface area contributed by atoms with Crippen LogP contribution in [0.1, 0.15) is 34.8 Å². The summed E-state index contributed by atoms with van der Waals surface area (Å²) in [7, 11) is 1.61. The molecule has 1 heterocycles. The van der Waals surface area contributed by atoms with Gasteiger partial charge in [-0.2, -0.15) is 0 Å². The lowest BCUT2D eigenvalue weighted by molar-refractivity contribution is 0.112. The largest absolute Gasteiger partial charge is 0.496 e. The predicted octanol–water partition coefficient (Wildman–Crippen LogP) is 3.84. The van der Waals surface area contributed by atoms with Crippen LogP contribution >= 0.6 is 11.8 Å². The van der Waals surface area contributed by atoms with E-state index in [4.69, 9.17) is 9.72 Å². The predicted molar refractivity (Wildman–Crippen MR) is 102 cm³/mol. The standard InChI is InChI=1S/C20H18N2O3S/c1-25-18-9-6-13(11-23)10-14(18)12-26-20-21-17-5-3-2-4-16(17)19(24)22(20)15-7-8-15/h2-6,9-11,15H,7-8,12H2,1H3. The van der Waals surface area contributed by atoms with Crippen LogP contribution in [0.25, 0.3) is 10.9 Å². The van der Waals surface area contributed by atoms with Crippen molar-refractivity contribution in [2.45, 2.75) is 29.8 Å². The second-order valence-electron chi connectivity index (χ2n) is 6.30. The quantitative estimate of drug-likeness (QED) is 0.377. The first-order valence-electron chi connectivity index (χ1n) is 8.47. The number of benzene rings is 2. The number of hydrogen-bond acceptors (Lipinski definition) is 5. The molecular formula is C20H18N2O3S. The summed E-state index contributed by atoms with van der Waals surface area (Å²) in [6.07, 6.45) is 2.84. The van der Waals surface area contributed by atoms with Crippen molar-refractivity contribution in [3.63, 3.8) is 0 Å². The van der Waals surface area contributed by atoms with Gasteiger partial charge < -0.3 is 4.74 Å². The maximum atomic E-state index is 12.9. The summed E-state index contributed by atoms with van der Waals surface area (Å²) in [5, 5.41) is 1.37. The van der Waals surface area contributed by atoms with Crippen molar-refractivity contribution < 1.29 is 9.53 Å². The van der Waals surface area contributed by atoms with E-state index in [1.807, 2.05) is 34.9 Å². The van der Waals surface area contributed by atoms with Crippen LogP contribution in [0.4, 0.5) is 0 Å². The molecule has 3 aromatic rings. The van der Waals surface area contributed by atoms with E-state index in [0.717, 1.165) is 35.6 Å². The SMILES string of the molecule is COc1ccc(C=O)cc1CSc1nc2ccccc2c(=O)n1C1CC1. The summed E-state index contributed by atoms with van der Waals surface area (Å²) in [5.41, 5.74) is 2.25. The fourth-order valence-corrected chi connectivity index (χ4v) is 4.05. The minimum Gasteiger partial charge on any atom is -0.496 e. The zero-order chi connectivity index (χ0) is 18.1. The van der Waals surface area contributed by atoms with Crippen molar-refractivity contribution in [2.24, 2.45) is 0 Å². The van der Waals surface area contributed by atoms with Gasteiger partial charge in [0.25, 0.3) is 5.56 Å². The van der Waals surface area contributed by atoms with E-state index in [2.05, 4.69) is 0 Å². The van der Waals surface area contributed by atoms with Crippen molar-refractivity contribution in [2.75, 3.05) is 7.11 Å². The van der Waals surface area contributed by atoms with E-state index >= 15 is 0 Å². The first-order chi connectivity index (χ1) is 12.7. The van der Waals surface area contributed by atoms with Gasteiger partial charge in [-0.25, -0.2) is 4.98 Å². The molecule has 0 atom stereocenters. The lowest BCUT2D eigenvalue weighted by Crippen LogP contribution is -2.22. The van der Waals surface area contributed by atoms with Gasteiger partial charge in [0, 0.05) is 22.9 Å². The highest BCUT2D eigenvalue weighted by Gasteiger charge is 2.28. The molecule has 132 valence electrons. The average molecular weight is 366 g/mol. The van der Waals surface area contributed by atoms with Crippen molar-refractivity contribution >= 4 is 29.0 Å². The highest BCUT2D eigenvalue weighted by atomic mass is 32.2. The Balaban J connectivity index is 1.73. The summed E-state index contributed by atoms with van der Waals surface area (Å²) in [6.45, 7) is 0. The van der Waals surface area contributed by atoms with E-state index < -0.39 is 0 Å². The number of fused-ring (bicyclic) bond motifs is 1. The van der Waals surface area contributed by atoms with Gasteiger partial charge in [0.05, 0.1) is 18.0 Å². The second-order valence-corrected chi connectivity index (χ2v) is 7.24. The van der Waals surface area contributed by atoms with Crippen LogP contribution in [0.2, 0.25) is 0 Å². The molecule has 0 spiro atoms. The monoisotopic (exact) mass is 366 g/mol. The topological polar surface area (TPSA) is 61.2 Å². The molecule has 6 heteroatoms. The van der Waals surface area contributed by atoms with E-state index in [-0.39, 0.29) is 11.6 Å². The van der Waals surface area contributed by atoms with Gasteiger partial charge in [-0.15, -0.1) is 0 Å². The van der Waals surface area contributed by atoms with Crippen LogP contribution in [0.15, 0.2) is 52.4 Å². The van der Waals surface area contributed by atoms with Crippen LogP contribution in [0, 0.1) is 0 Å². The summed E-state index contributed by atoms with van der Waals surface area (Å²) < 4.78 is 7.22. The summed E-state index contributed by atoms with van der Waals surface area (Å²) in [6, 6.07) is 13.0. The van der Waals surface area contributed by atoms with Crippen molar-refractivity contribution in [3.05, 3.63) is 63.9 Å². The van der Waals surface area contributed by atoms with Gasteiger partial charge in [0.15, 0.2) is 5.16 Å². The zero-order valence-electron chi connectivity index (χ0n) is 14.3. The Bertz CT molecular complexity index is 1040. The van der Waals surface area contributed by atoms with Crippen molar-refractivity contribution in [3.8, 4) is 5.75 Å². The molecule has 4 rings (SSSR count). The van der Waals surface area contributed by atoms with Gasteiger partial charge >= 0.3 is 0 Å². The maximum absolute atomic E-state index is 12.9. The van der Waals surface area contributed by atoms with Gasteiger partial charge in [-0.3, -0.25) is 14.2 Å². The Hall–Kier alpha value is -2.60. The number of aldehydes is 1. The summed E-state index contributed by atoms with van der Waals surface area (Å²) in [4.78, 5) is 28.7. The molecule has 5 nitrogen and oxygen atoms in total. The molecule has 0 radical (unpaired) electrons. The minimum atomic E-state index is 0.0224. The van der Waals surface area contributed by atoms with Crippen LogP contribution < -0.4 is 10.3 Å². The van der Waals surface area contributed by atoms with Crippen LogP contribution in [0.3, 0.4) is 0 Å². The van der Waals surface area contributed by atoms with E-state index in [1.54, 1.807) is 19.2 Å². The average Bonchev–Trinajstić information content (AvgIpc) is 3.51. The summed E-state index contributed by atoms with van der Waals surface area (Å²) >= 11 is 1.50. The summed E-state index contributed by atoms with van der Waals surface area (Å²) in [5.74, 6) is 1.30. The molecule has 0 N–H and O–H groups in total. The van der Waals surface area contributed by atoms with E-state index in [9.17, 15) is 9.59 Å². The lowest BCUT2D eigenvalue weighted by atomic mass is 10.1. The van der Waals surface area contributed by atoms with Crippen molar-refractivity contribution in [1.29, 1.82) is 0 Å². The molecule has 0 unspecified atom stereocenters. The fraction of sp³-hybridized carbons (Fsp3) is 0.250. The Morgan fingerprint density at radius 1 is 1.27 bits per heavy atom. The van der Waals surface area contributed by atoms with Gasteiger partial charge in [-0.05, 0) is 43.2 Å². The van der Waals surface area contributed by atoms with Crippen LogP contribution in [0.5, 0.6) is 5.75 Å². The maximum Gasteiger partial charge on any atom is 0.262 e. The first kappa shape index (κ1) is 16.8. The highest BCUT2D eigenvalue weighted by molar-refractivity contribution is 7.98. The van der Waals surface area contributed by atoms with Gasteiger partial charge in [0.2, 0.25) is 0 Å². The van der Waals surface area contributed by atoms with Crippen LogP contribution in [-0.4, -0.2) is 22.9 Å². The molecule has 1 aromatic heterocycles. The Labute approximate surface area is 155 Å². The molecule has 0 bridgehead atoms. The number of methoxy groups -OCH3 is 1. The number of rotatable bonds is 6. The molecule has 0 saturated heterocycles. The molecular weight excluding hydrogens is 348 g/mol. The molecule has 0 aliphatic heterocycles. The molecule has 1 aliphatic rings. The molecule has 0 amide bonds. The number of para-hydroxylation sites is 1. The number of thioether (sulfide) groups is 1. The number of aromatic nitrogens is 2. The molecule has 1 saturated carbocycles. The number of carbonyl (C=O) groups excluding carboxylic acids is 1. The third-order valence-electron chi connectivity index (χ3n) is 4.48. The Kier molecular flexibility index (Phi) is 4.51. The smallest absolute Gasteiger partial charge is 0.262 e. The molecule has 26 heavy (non-hydrogen) atoms. The van der Waals surface area contributed by atoms with Gasteiger partial charge in [0.1, 0.15) is 12.0 Å². The van der Waals surface area contributed by atoms with E-state index in [1.165, 1.54) is 11.8 Å². The number of ether oxygens (including phenoxy) is 1. The Morgan fingerprint density at radius 2 is 2.08 bits per heavy atom. The second kappa shape index (κ2) is 6.96. The van der Waals surface area contributed by atoms with Crippen molar-refractivity contribution in [1.82, 2.24) is 9.55 Å². The fourth-order valence-electron chi connectivity index (χ4n) is 3.01. The van der Waals surface area contributed by atoms with Gasteiger partial charge in [-0.1, -0.05) is 23.9 Å². The number of nitrogens with zero attached hydrogens (tertiary/aromatic N) is 2. The normalized spacial score (nSPS) is 13.7. The first-order valence-corrected chi connectivity index (χ1v) is 9.46. The van der Waals surface area contributed by atoms with E-state index in [0.29, 0.717) is 22.2 Å². The number of hydrogen-bond donors (Lipinski definition) is 0. The van der Waals surface area contributed by atoms with Crippen LogP contribution in [-0.2, 0) is 5.75 Å². The molecule has 2 aromatic carbocycles. The minimum absolute atomic E-state index is 0.0224. The zero-order valence-corrected chi connectivity index (χ0v) is 15.2. The lowest BCUT2D eigenvalue weighted by Gasteiger charge is -2.13. The third-order valence-corrected chi connectivity index (χ3v) is 5.49. The molecule has 1 aliphatic carbocycles. The third kappa shape index (κ3) is 3.12. The highest BCUT2D eigenvalue weighted by Crippen LogP contribution is 2.38.